The van der Waals surface area contributed by atoms with E-state index in [1.54, 1.807) is 17.3 Å². The van der Waals surface area contributed by atoms with Crippen molar-refractivity contribution >= 4 is 44.2 Å². The zero-order valence-corrected chi connectivity index (χ0v) is 16.2. The number of carbonyl (C=O) groups is 1. The monoisotopic (exact) mass is 393 g/mol. The molecule has 1 amide bonds. The Bertz CT molecular complexity index is 1110. The number of aromatic nitrogens is 2. The third-order valence-corrected chi connectivity index (χ3v) is 5.54. The molecule has 6 heteroatoms. The molecule has 0 fully saturated rings. The van der Waals surface area contributed by atoms with Crippen LogP contribution in [0, 0.1) is 6.92 Å². The van der Waals surface area contributed by atoms with E-state index in [9.17, 15) is 4.79 Å². The van der Waals surface area contributed by atoms with Gasteiger partial charge in [-0.05, 0) is 48.9 Å². The molecule has 2 aromatic heterocycles. The van der Waals surface area contributed by atoms with Crippen LogP contribution in [-0.2, 0) is 6.54 Å². The molecule has 0 bridgehead atoms. The van der Waals surface area contributed by atoms with Crippen molar-refractivity contribution in [3.05, 3.63) is 88.7 Å². The van der Waals surface area contributed by atoms with Gasteiger partial charge < -0.3 is 0 Å². The number of hydrogen-bond donors (Lipinski definition) is 0. The lowest BCUT2D eigenvalue weighted by atomic mass is 10.1. The van der Waals surface area contributed by atoms with E-state index in [1.165, 1.54) is 11.3 Å². The first-order valence-corrected chi connectivity index (χ1v) is 9.64. The van der Waals surface area contributed by atoms with Crippen molar-refractivity contribution in [3.63, 3.8) is 0 Å². The second kappa shape index (κ2) is 7.47. The largest absolute Gasteiger partial charge is 0.279 e. The van der Waals surface area contributed by atoms with Crippen molar-refractivity contribution in [1.29, 1.82) is 0 Å². The van der Waals surface area contributed by atoms with Gasteiger partial charge in [0.15, 0.2) is 5.13 Å². The van der Waals surface area contributed by atoms with E-state index in [0.717, 1.165) is 21.3 Å². The van der Waals surface area contributed by atoms with Gasteiger partial charge >= 0.3 is 0 Å². The van der Waals surface area contributed by atoms with Gasteiger partial charge in [0.25, 0.3) is 5.91 Å². The highest BCUT2D eigenvalue weighted by Crippen LogP contribution is 2.34. The van der Waals surface area contributed by atoms with Crippen LogP contribution < -0.4 is 4.90 Å². The van der Waals surface area contributed by atoms with Gasteiger partial charge in [-0.2, -0.15) is 0 Å². The van der Waals surface area contributed by atoms with Gasteiger partial charge in [0.05, 0.1) is 16.3 Å². The average molecular weight is 394 g/mol. The number of fused-ring (bicyclic) bond motifs is 1. The number of rotatable bonds is 4. The van der Waals surface area contributed by atoms with Gasteiger partial charge in [-0.3, -0.25) is 14.7 Å². The molecule has 0 radical (unpaired) electrons. The number of thiazole rings is 1. The van der Waals surface area contributed by atoms with E-state index < -0.39 is 0 Å². The summed E-state index contributed by atoms with van der Waals surface area (Å²) in [4.78, 5) is 23.7. The number of carbonyl (C=O) groups excluding carboxylic acids is 1. The molecule has 4 aromatic rings. The van der Waals surface area contributed by atoms with E-state index >= 15 is 0 Å². The van der Waals surface area contributed by atoms with Gasteiger partial charge in [0.1, 0.15) is 5.52 Å². The molecule has 0 aliphatic heterocycles. The maximum atomic E-state index is 13.3. The molecular weight excluding hydrogens is 378 g/mol. The molecule has 0 saturated carbocycles. The lowest BCUT2D eigenvalue weighted by Gasteiger charge is -2.20. The maximum Gasteiger partial charge on any atom is 0.260 e. The second-order valence-corrected chi connectivity index (χ2v) is 7.62. The molecule has 2 heterocycles. The third-order valence-electron chi connectivity index (χ3n) is 4.19. The van der Waals surface area contributed by atoms with Gasteiger partial charge in [-0.25, -0.2) is 4.98 Å². The fourth-order valence-corrected chi connectivity index (χ4v) is 4.11. The number of amides is 1. The summed E-state index contributed by atoms with van der Waals surface area (Å²) in [7, 11) is 0. The number of anilines is 1. The molecule has 0 unspecified atom stereocenters. The number of pyridine rings is 1. The van der Waals surface area contributed by atoms with Crippen LogP contribution in [0.5, 0.6) is 0 Å². The normalized spacial score (nSPS) is 10.9. The van der Waals surface area contributed by atoms with Crippen LogP contribution >= 0.6 is 22.9 Å². The highest BCUT2D eigenvalue weighted by atomic mass is 35.5. The summed E-state index contributed by atoms with van der Waals surface area (Å²) in [5, 5.41) is 1.21. The first kappa shape index (κ1) is 17.6. The summed E-state index contributed by atoms with van der Waals surface area (Å²) in [5.74, 6) is -0.0920. The quantitative estimate of drug-likeness (QED) is 0.460. The summed E-state index contributed by atoms with van der Waals surface area (Å²) in [6.45, 7) is 2.38. The van der Waals surface area contributed by atoms with Gasteiger partial charge in [0, 0.05) is 18.0 Å². The van der Waals surface area contributed by atoms with Crippen LogP contribution in [0.15, 0.2) is 67.0 Å². The Hall–Kier alpha value is -2.76. The predicted molar refractivity (Wildman–Crippen MR) is 111 cm³/mol. The van der Waals surface area contributed by atoms with Crippen LogP contribution in [0.3, 0.4) is 0 Å². The molecule has 4 rings (SSSR count). The molecule has 4 nitrogen and oxygen atoms in total. The van der Waals surface area contributed by atoms with Crippen molar-refractivity contribution in [3.8, 4) is 0 Å². The summed E-state index contributed by atoms with van der Waals surface area (Å²) in [5.41, 5.74) is 3.37. The van der Waals surface area contributed by atoms with Gasteiger partial charge in [-0.15, -0.1) is 0 Å². The number of para-hydroxylation sites is 1. The second-order valence-electron chi connectivity index (χ2n) is 6.20. The van der Waals surface area contributed by atoms with E-state index in [-0.39, 0.29) is 5.91 Å². The number of aryl methyl sites for hydroxylation is 1. The van der Waals surface area contributed by atoms with Crippen LogP contribution in [-0.4, -0.2) is 15.9 Å². The number of benzene rings is 2. The van der Waals surface area contributed by atoms with Crippen LogP contribution in [0.2, 0.25) is 5.02 Å². The van der Waals surface area contributed by atoms with E-state index in [4.69, 9.17) is 11.6 Å². The van der Waals surface area contributed by atoms with Crippen LogP contribution in [0.1, 0.15) is 21.5 Å². The number of hydrogen-bond acceptors (Lipinski definition) is 4. The van der Waals surface area contributed by atoms with Crippen molar-refractivity contribution in [2.75, 3.05) is 4.90 Å². The molecule has 0 aliphatic rings. The maximum absolute atomic E-state index is 13.3. The first-order chi connectivity index (χ1) is 13.1. The summed E-state index contributed by atoms with van der Waals surface area (Å²) < 4.78 is 0.953. The fourth-order valence-electron chi connectivity index (χ4n) is 2.85. The van der Waals surface area contributed by atoms with Crippen molar-refractivity contribution in [1.82, 2.24) is 9.97 Å². The Morgan fingerprint density at radius 1 is 1.11 bits per heavy atom. The zero-order chi connectivity index (χ0) is 18.8. The Balaban J connectivity index is 1.79. The lowest BCUT2D eigenvalue weighted by Crippen LogP contribution is -2.30. The van der Waals surface area contributed by atoms with Gasteiger partial charge in [0.2, 0.25) is 0 Å². The third kappa shape index (κ3) is 3.70. The molecule has 134 valence electrons. The molecule has 0 aliphatic carbocycles. The fraction of sp³-hybridized carbons (Fsp3) is 0.0952. The first-order valence-electron chi connectivity index (χ1n) is 8.44. The SMILES string of the molecule is Cc1cccc(C(=O)N(Cc2ccncc2)c2nc3c(Cl)cccc3s2)c1. The van der Waals surface area contributed by atoms with E-state index in [0.29, 0.717) is 22.3 Å². The highest BCUT2D eigenvalue weighted by molar-refractivity contribution is 7.22. The standard InChI is InChI=1S/C21H16ClN3OS/c1-14-4-2-5-16(12-14)20(26)25(13-15-8-10-23-11-9-15)21-24-19-17(22)6-3-7-18(19)27-21/h2-12H,13H2,1H3. The molecule has 0 atom stereocenters. The molecule has 2 aromatic carbocycles. The van der Waals surface area contributed by atoms with E-state index in [1.807, 2.05) is 61.5 Å². The number of nitrogens with zero attached hydrogens (tertiary/aromatic N) is 3. The van der Waals surface area contributed by atoms with Crippen LogP contribution in [0.4, 0.5) is 5.13 Å². The summed E-state index contributed by atoms with van der Waals surface area (Å²) in [6.07, 6.45) is 3.44. The Morgan fingerprint density at radius 3 is 2.63 bits per heavy atom. The molecule has 27 heavy (non-hydrogen) atoms. The van der Waals surface area contributed by atoms with Crippen molar-refractivity contribution in [2.24, 2.45) is 0 Å². The Morgan fingerprint density at radius 2 is 1.89 bits per heavy atom. The number of halogens is 1. The van der Waals surface area contributed by atoms with Gasteiger partial charge in [-0.1, -0.05) is 46.7 Å². The molecule has 0 N–H and O–H groups in total. The Kier molecular flexibility index (Phi) is 4.88. The topological polar surface area (TPSA) is 46.1 Å². The molecule has 0 spiro atoms. The minimum atomic E-state index is -0.0920. The molecular formula is C21H16ClN3OS. The Labute approximate surface area is 166 Å². The van der Waals surface area contributed by atoms with Crippen molar-refractivity contribution < 1.29 is 4.79 Å². The minimum Gasteiger partial charge on any atom is -0.279 e. The average Bonchev–Trinajstić information content (AvgIpc) is 3.12. The minimum absolute atomic E-state index is 0.0920. The summed E-state index contributed by atoms with van der Waals surface area (Å²) >= 11 is 7.74. The zero-order valence-electron chi connectivity index (χ0n) is 14.6. The van der Waals surface area contributed by atoms with E-state index in [2.05, 4.69) is 9.97 Å². The highest BCUT2D eigenvalue weighted by Gasteiger charge is 2.22. The lowest BCUT2D eigenvalue weighted by molar-refractivity contribution is 0.0985. The molecule has 0 saturated heterocycles. The van der Waals surface area contributed by atoms with Crippen LogP contribution in [0.25, 0.3) is 10.2 Å². The predicted octanol–water partition coefficient (Wildman–Crippen LogP) is 5.50. The summed E-state index contributed by atoms with van der Waals surface area (Å²) in [6, 6.07) is 17.0. The van der Waals surface area contributed by atoms with Crippen molar-refractivity contribution in [2.45, 2.75) is 13.5 Å². The smallest absolute Gasteiger partial charge is 0.260 e.